The molecule has 0 spiro atoms. The highest BCUT2D eigenvalue weighted by Gasteiger charge is 2.07. The summed E-state index contributed by atoms with van der Waals surface area (Å²) in [6.07, 6.45) is 0.515. The predicted octanol–water partition coefficient (Wildman–Crippen LogP) is 3.68. The summed E-state index contributed by atoms with van der Waals surface area (Å²) >= 11 is 10.4. The summed E-state index contributed by atoms with van der Waals surface area (Å²) < 4.78 is 17.6. The smallest absolute Gasteiger partial charge is 0.179 e. The molecule has 0 bridgehead atoms. The van der Waals surface area contributed by atoms with E-state index in [0.717, 1.165) is 9.48 Å². The molecule has 2 nitrogen and oxygen atoms in total. The molecule has 0 atom stereocenters. The van der Waals surface area contributed by atoms with Crippen LogP contribution in [0.25, 0.3) is 0 Å². The molecular formula is C9H5BrClFN2S. The van der Waals surface area contributed by atoms with Gasteiger partial charge in [-0.15, -0.1) is 0 Å². The maximum Gasteiger partial charge on any atom is 0.179 e. The van der Waals surface area contributed by atoms with Crippen LogP contribution in [0.2, 0.25) is 5.02 Å². The largest absolute Gasteiger partial charge is 0.212 e. The van der Waals surface area contributed by atoms with E-state index in [1.807, 2.05) is 0 Å². The van der Waals surface area contributed by atoms with Gasteiger partial charge in [-0.2, -0.15) is 4.37 Å². The third-order valence-electron chi connectivity index (χ3n) is 1.81. The Morgan fingerprint density at radius 2 is 2.27 bits per heavy atom. The molecule has 2 rings (SSSR count). The highest BCUT2D eigenvalue weighted by atomic mass is 79.9. The van der Waals surface area contributed by atoms with Gasteiger partial charge < -0.3 is 0 Å². The van der Waals surface area contributed by atoms with E-state index < -0.39 is 0 Å². The molecular weight excluding hydrogens is 303 g/mol. The monoisotopic (exact) mass is 306 g/mol. The van der Waals surface area contributed by atoms with E-state index in [2.05, 4.69) is 25.3 Å². The van der Waals surface area contributed by atoms with Gasteiger partial charge in [0, 0.05) is 11.4 Å². The summed E-state index contributed by atoms with van der Waals surface area (Å²) in [4.78, 5) is 4.14. The molecule has 0 unspecified atom stereocenters. The van der Waals surface area contributed by atoms with Crippen molar-refractivity contribution >= 4 is 39.1 Å². The number of hydrogen-bond acceptors (Lipinski definition) is 3. The fourth-order valence-corrected chi connectivity index (χ4v) is 2.23. The Morgan fingerprint density at radius 3 is 2.87 bits per heavy atom. The van der Waals surface area contributed by atoms with Crippen LogP contribution >= 0.6 is 39.1 Å². The molecule has 0 saturated heterocycles. The molecule has 0 amide bonds. The Balaban J connectivity index is 2.24. The zero-order chi connectivity index (χ0) is 10.8. The lowest BCUT2D eigenvalue weighted by molar-refractivity contribution is 0.627. The normalized spacial score (nSPS) is 10.6. The SMILES string of the molecule is Fc1ccc(Cc2nsc(Br)n2)c(Cl)c1. The van der Waals surface area contributed by atoms with Gasteiger partial charge in [0.1, 0.15) is 11.6 Å². The maximum absolute atomic E-state index is 12.8. The van der Waals surface area contributed by atoms with E-state index in [1.165, 1.54) is 23.7 Å². The van der Waals surface area contributed by atoms with Gasteiger partial charge in [-0.05, 0) is 45.2 Å². The molecule has 6 heteroatoms. The average Bonchev–Trinajstić information content (AvgIpc) is 2.56. The predicted molar refractivity (Wildman–Crippen MR) is 61.8 cm³/mol. The molecule has 15 heavy (non-hydrogen) atoms. The number of halogens is 3. The number of aromatic nitrogens is 2. The van der Waals surface area contributed by atoms with Gasteiger partial charge in [-0.3, -0.25) is 0 Å². The summed E-state index contributed by atoms with van der Waals surface area (Å²) in [5.41, 5.74) is 0.823. The summed E-state index contributed by atoms with van der Waals surface area (Å²) in [6.45, 7) is 0. The lowest BCUT2D eigenvalue weighted by Crippen LogP contribution is -1.92. The number of hydrogen-bond donors (Lipinski definition) is 0. The summed E-state index contributed by atoms with van der Waals surface area (Å²) in [7, 11) is 0. The van der Waals surface area contributed by atoms with Gasteiger partial charge in [0.05, 0.1) is 0 Å². The molecule has 1 heterocycles. The van der Waals surface area contributed by atoms with Crippen LogP contribution in [0.3, 0.4) is 0 Å². The Labute approximate surface area is 103 Å². The van der Waals surface area contributed by atoms with Crippen molar-refractivity contribution in [1.29, 1.82) is 0 Å². The number of benzene rings is 1. The van der Waals surface area contributed by atoms with Crippen LogP contribution in [0.4, 0.5) is 4.39 Å². The summed E-state index contributed by atoms with van der Waals surface area (Å²) in [5, 5.41) is 0.404. The first-order valence-electron chi connectivity index (χ1n) is 4.07. The molecule has 1 aromatic heterocycles. The standard InChI is InChI=1S/C9H5BrClFN2S/c10-9-13-8(14-15-9)3-5-1-2-6(12)4-7(5)11/h1-2,4H,3H2. The van der Waals surface area contributed by atoms with E-state index in [9.17, 15) is 4.39 Å². The highest BCUT2D eigenvalue weighted by molar-refractivity contribution is 9.11. The third-order valence-corrected chi connectivity index (χ3v) is 3.31. The van der Waals surface area contributed by atoms with Crippen LogP contribution < -0.4 is 0 Å². The van der Waals surface area contributed by atoms with E-state index in [0.29, 0.717) is 17.3 Å². The van der Waals surface area contributed by atoms with Crippen LogP contribution in [0.15, 0.2) is 22.1 Å². The lowest BCUT2D eigenvalue weighted by Gasteiger charge is -2.00. The molecule has 0 aliphatic heterocycles. The van der Waals surface area contributed by atoms with E-state index in [4.69, 9.17) is 11.6 Å². The minimum absolute atomic E-state index is 0.337. The zero-order valence-electron chi connectivity index (χ0n) is 7.38. The second kappa shape index (κ2) is 4.55. The van der Waals surface area contributed by atoms with Gasteiger partial charge in [0.25, 0.3) is 0 Å². The fraction of sp³-hybridized carbons (Fsp3) is 0.111. The van der Waals surface area contributed by atoms with Crippen molar-refractivity contribution in [3.05, 3.63) is 44.3 Å². The lowest BCUT2D eigenvalue weighted by atomic mass is 10.1. The van der Waals surface area contributed by atoms with E-state index >= 15 is 0 Å². The highest BCUT2D eigenvalue weighted by Crippen LogP contribution is 2.21. The van der Waals surface area contributed by atoms with E-state index in [1.54, 1.807) is 6.07 Å². The fourth-order valence-electron chi connectivity index (χ4n) is 1.14. The minimum atomic E-state index is -0.337. The first-order chi connectivity index (χ1) is 7.15. The van der Waals surface area contributed by atoms with E-state index in [-0.39, 0.29) is 5.82 Å². The minimum Gasteiger partial charge on any atom is -0.212 e. The van der Waals surface area contributed by atoms with Crippen LogP contribution in [0.5, 0.6) is 0 Å². The van der Waals surface area contributed by atoms with Gasteiger partial charge >= 0.3 is 0 Å². The maximum atomic E-state index is 12.8. The molecule has 0 fully saturated rings. The van der Waals surface area contributed by atoms with Crippen molar-refractivity contribution in [2.24, 2.45) is 0 Å². The molecule has 2 aromatic rings. The molecule has 78 valence electrons. The summed E-state index contributed by atoms with van der Waals surface area (Å²) in [5.74, 6) is 0.344. The Hall–Kier alpha value is -0.520. The summed E-state index contributed by atoms with van der Waals surface area (Å²) in [6, 6.07) is 4.31. The second-order valence-electron chi connectivity index (χ2n) is 2.88. The van der Waals surface area contributed by atoms with Crippen molar-refractivity contribution in [3.8, 4) is 0 Å². The second-order valence-corrected chi connectivity index (χ2v) is 5.31. The van der Waals surface area contributed by atoms with Gasteiger partial charge in [0.15, 0.2) is 3.92 Å². The number of nitrogens with zero attached hydrogens (tertiary/aromatic N) is 2. The first kappa shape index (κ1) is 11.0. The molecule has 0 radical (unpaired) electrons. The molecule has 0 N–H and O–H groups in total. The van der Waals surface area contributed by atoms with Crippen molar-refractivity contribution in [1.82, 2.24) is 9.36 Å². The van der Waals surface area contributed by atoms with Crippen LogP contribution in [-0.2, 0) is 6.42 Å². The average molecular weight is 308 g/mol. The van der Waals surface area contributed by atoms with Crippen molar-refractivity contribution in [2.45, 2.75) is 6.42 Å². The van der Waals surface area contributed by atoms with Gasteiger partial charge in [0.2, 0.25) is 0 Å². The van der Waals surface area contributed by atoms with Crippen molar-refractivity contribution in [3.63, 3.8) is 0 Å². The third kappa shape index (κ3) is 2.74. The Kier molecular flexibility index (Phi) is 3.33. The van der Waals surface area contributed by atoms with Crippen molar-refractivity contribution in [2.75, 3.05) is 0 Å². The Morgan fingerprint density at radius 1 is 1.47 bits per heavy atom. The van der Waals surface area contributed by atoms with Gasteiger partial charge in [-0.1, -0.05) is 17.7 Å². The first-order valence-corrected chi connectivity index (χ1v) is 6.01. The van der Waals surface area contributed by atoms with Gasteiger partial charge in [-0.25, -0.2) is 9.37 Å². The molecule has 1 aromatic carbocycles. The van der Waals surface area contributed by atoms with Crippen molar-refractivity contribution < 1.29 is 4.39 Å². The van der Waals surface area contributed by atoms with Crippen LogP contribution in [-0.4, -0.2) is 9.36 Å². The van der Waals surface area contributed by atoms with Crippen LogP contribution in [0, 0.1) is 5.82 Å². The zero-order valence-corrected chi connectivity index (χ0v) is 10.5. The molecule has 0 aliphatic rings. The topological polar surface area (TPSA) is 25.8 Å². The molecule has 0 saturated carbocycles. The quantitative estimate of drug-likeness (QED) is 0.846. The molecule has 0 aliphatic carbocycles. The Bertz CT molecular complexity index is 489. The number of rotatable bonds is 2. The van der Waals surface area contributed by atoms with Crippen LogP contribution in [0.1, 0.15) is 11.4 Å².